The zero-order chi connectivity index (χ0) is 12.3. The molecule has 2 nitrogen and oxygen atoms in total. The van der Waals surface area contributed by atoms with Gasteiger partial charge in [-0.25, -0.2) is 0 Å². The average Bonchev–Trinajstić information content (AvgIpc) is 2.58. The van der Waals surface area contributed by atoms with Crippen LogP contribution in [0.2, 0.25) is 0 Å². The Labute approximate surface area is 103 Å². The number of halogens is 4. The van der Waals surface area contributed by atoms with E-state index in [0.717, 1.165) is 20.0 Å². The molecule has 0 aliphatic carbocycles. The summed E-state index contributed by atoms with van der Waals surface area (Å²) in [6.45, 7) is 0.345. The number of alkyl halides is 3. The van der Waals surface area contributed by atoms with E-state index in [2.05, 4.69) is 15.9 Å². The van der Waals surface area contributed by atoms with E-state index in [1.165, 1.54) is 13.0 Å². The number of rotatable bonds is 3. The van der Waals surface area contributed by atoms with Crippen LogP contribution >= 0.6 is 27.3 Å². The van der Waals surface area contributed by atoms with Crippen molar-refractivity contribution in [3.63, 3.8) is 0 Å². The highest BCUT2D eigenvalue weighted by Gasteiger charge is 2.32. The molecule has 0 fully saturated rings. The van der Waals surface area contributed by atoms with Crippen LogP contribution in [0.25, 0.3) is 0 Å². The van der Waals surface area contributed by atoms with Crippen LogP contribution in [0.1, 0.15) is 16.6 Å². The van der Waals surface area contributed by atoms with Crippen LogP contribution < -0.4 is 0 Å². The van der Waals surface area contributed by atoms with Gasteiger partial charge in [-0.15, -0.1) is 11.3 Å². The minimum Gasteiger partial charge on any atom is -0.329 e. The van der Waals surface area contributed by atoms with Crippen molar-refractivity contribution in [2.24, 2.45) is 0 Å². The summed E-state index contributed by atoms with van der Waals surface area (Å²) in [5.74, 6) is -0.587. The second-order valence-corrected chi connectivity index (χ2v) is 5.50. The van der Waals surface area contributed by atoms with E-state index >= 15 is 0 Å². The highest BCUT2D eigenvalue weighted by Crippen LogP contribution is 2.24. The first-order chi connectivity index (χ1) is 7.33. The van der Waals surface area contributed by atoms with Gasteiger partial charge in [0.25, 0.3) is 5.91 Å². The largest absolute Gasteiger partial charge is 0.406 e. The minimum atomic E-state index is -4.36. The van der Waals surface area contributed by atoms with Crippen molar-refractivity contribution in [1.29, 1.82) is 0 Å². The molecule has 0 aliphatic heterocycles. The lowest BCUT2D eigenvalue weighted by Crippen LogP contribution is -2.38. The SMILES string of the molecule is CCN(CC(F)(F)F)C(=O)c1ccc(Br)s1. The van der Waals surface area contributed by atoms with Crippen molar-refractivity contribution in [1.82, 2.24) is 4.90 Å². The molecule has 1 aromatic heterocycles. The fourth-order valence-electron chi connectivity index (χ4n) is 1.13. The van der Waals surface area contributed by atoms with E-state index in [9.17, 15) is 18.0 Å². The second kappa shape index (κ2) is 5.18. The van der Waals surface area contributed by atoms with Crippen molar-refractivity contribution in [3.05, 3.63) is 20.8 Å². The molecule has 1 heterocycles. The number of hydrogen-bond acceptors (Lipinski definition) is 2. The molecule has 1 amide bonds. The van der Waals surface area contributed by atoms with Crippen molar-refractivity contribution in [2.45, 2.75) is 13.1 Å². The lowest BCUT2D eigenvalue weighted by Gasteiger charge is -2.21. The van der Waals surface area contributed by atoms with Gasteiger partial charge in [0.2, 0.25) is 0 Å². The van der Waals surface area contributed by atoms with Crippen LogP contribution in [-0.2, 0) is 0 Å². The van der Waals surface area contributed by atoms with Gasteiger partial charge in [-0.2, -0.15) is 13.2 Å². The monoisotopic (exact) mass is 315 g/mol. The van der Waals surface area contributed by atoms with Crippen LogP contribution in [0.5, 0.6) is 0 Å². The first-order valence-corrected chi connectivity index (χ1v) is 6.06. The third kappa shape index (κ3) is 3.79. The maximum Gasteiger partial charge on any atom is 0.406 e. The Bertz CT molecular complexity index is 377. The number of amides is 1. The molecule has 0 atom stereocenters. The lowest BCUT2D eigenvalue weighted by atomic mass is 10.4. The molecule has 0 saturated heterocycles. The Balaban J connectivity index is 2.78. The van der Waals surface area contributed by atoms with E-state index in [4.69, 9.17) is 0 Å². The Kier molecular flexibility index (Phi) is 4.37. The molecule has 0 N–H and O–H groups in total. The zero-order valence-corrected chi connectivity index (χ0v) is 10.7. The average molecular weight is 316 g/mol. The van der Waals surface area contributed by atoms with Gasteiger partial charge in [0.15, 0.2) is 0 Å². The second-order valence-electron chi connectivity index (χ2n) is 3.04. The molecule has 0 saturated carbocycles. The summed E-state index contributed by atoms with van der Waals surface area (Å²) in [5, 5.41) is 0. The first kappa shape index (κ1) is 13.5. The Morgan fingerprint density at radius 2 is 2.12 bits per heavy atom. The van der Waals surface area contributed by atoms with Crippen LogP contribution in [0.15, 0.2) is 15.9 Å². The summed E-state index contributed by atoms with van der Waals surface area (Å²) in [6.07, 6.45) is -4.36. The summed E-state index contributed by atoms with van der Waals surface area (Å²) in [7, 11) is 0. The van der Waals surface area contributed by atoms with Crippen molar-refractivity contribution in [3.8, 4) is 0 Å². The van der Waals surface area contributed by atoms with Gasteiger partial charge in [-0.05, 0) is 35.0 Å². The molecular weight excluding hydrogens is 307 g/mol. The fraction of sp³-hybridized carbons (Fsp3) is 0.444. The number of nitrogens with zero attached hydrogens (tertiary/aromatic N) is 1. The van der Waals surface area contributed by atoms with Gasteiger partial charge in [0.1, 0.15) is 6.54 Å². The van der Waals surface area contributed by atoms with Gasteiger partial charge < -0.3 is 4.90 Å². The normalized spacial score (nSPS) is 11.6. The summed E-state index contributed by atoms with van der Waals surface area (Å²) in [4.78, 5) is 12.8. The zero-order valence-electron chi connectivity index (χ0n) is 8.34. The number of thiophene rings is 1. The molecule has 1 aromatic rings. The van der Waals surface area contributed by atoms with E-state index < -0.39 is 18.6 Å². The Morgan fingerprint density at radius 3 is 2.50 bits per heavy atom. The molecular formula is C9H9BrF3NOS. The topological polar surface area (TPSA) is 20.3 Å². The fourth-order valence-corrected chi connectivity index (χ4v) is 2.48. The van der Waals surface area contributed by atoms with Gasteiger partial charge in [-0.1, -0.05) is 0 Å². The summed E-state index contributed by atoms with van der Waals surface area (Å²) >= 11 is 4.28. The van der Waals surface area contributed by atoms with E-state index in [-0.39, 0.29) is 6.54 Å². The summed E-state index contributed by atoms with van der Waals surface area (Å²) < 4.78 is 37.2. The molecule has 16 heavy (non-hydrogen) atoms. The molecule has 7 heteroatoms. The van der Waals surface area contributed by atoms with Gasteiger partial charge >= 0.3 is 6.18 Å². The van der Waals surface area contributed by atoms with Gasteiger partial charge in [-0.3, -0.25) is 4.79 Å². The smallest absolute Gasteiger partial charge is 0.329 e. The van der Waals surface area contributed by atoms with Crippen molar-refractivity contribution < 1.29 is 18.0 Å². The Hall–Kier alpha value is -0.560. The van der Waals surface area contributed by atoms with Crippen LogP contribution in [0, 0.1) is 0 Å². The molecule has 0 bridgehead atoms. The molecule has 0 radical (unpaired) electrons. The van der Waals surface area contributed by atoms with Crippen molar-refractivity contribution in [2.75, 3.05) is 13.1 Å². The third-order valence-electron chi connectivity index (χ3n) is 1.82. The Morgan fingerprint density at radius 1 is 1.50 bits per heavy atom. The lowest BCUT2D eigenvalue weighted by molar-refractivity contribution is -0.140. The number of hydrogen-bond donors (Lipinski definition) is 0. The van der Waals surface area contributed by atoms with Gasteiger partial charge in [0, 0.05) is 6.54 Å². The predicted molar refractivity (Wildman–Crippen MR) is 59.7 cm³/mol. The molecule has 0 aliphatic rings. The maximum absolute atomic E-state index is 12.2. The quantitative estimate of drug-likeness (QED) is 0.835. The highest BCUT2D eigenvalue weighted by atomic mass is 79.9. The highest BCUT2D eigenvalue weighted by molar-refractivity contribution is 9.11. The van der Waals surface area contributed by atoms with Crippen LogP contribution in [0.3, 0.4) is 0 Å². The molecule has 1 rings (SSSR count). The minimum absolute atomic E-state index is 0.0356. The van der Waals surface area contributed by atoms with Crippen LogP contribution in [-0.4, -0.2) is 30.1 Å². The number of carbonyl (C=O) groups excluding carboxylic acids is 1. The standard InChI is InChI=1S/C9H9BrF3NOS/c1-2-14(5-9(11,12)13)8(15)6-3-4-7(10)16-6/h3-4H,2,5H2,1H3. The molecule has 90 valence electrons. The number of carbonyl (C=O) groups is 1. The predicted octanol–water partition coefficient (Wildman–Crippen LogP) is 3.54. The first-order valence-electron chi connectivity index (χ1n) is 4.45. The van der Waals surface area contributed by atoms with Crippen LogP contribution in [0.4, 0.5) is 13.2 Å². The van der Waals surface area contributed by atoms with Crippen molar-refractivity contribution >= 4 is 33.2 Å². The summed E-state index contributed by atoms with van der Waals surface area (Å²) in [5.41, 5.74) is 0. The van der Waals surface area contributed by atoms with E-state index in [1.807, 2.05) is 0 Å². The van der Waals surface area contributed by atoms with Gasteiger partial charge in [0.05, 0.1) is 8.66 Å². The molecule has 0 unspecified atom stereocenters. The van der Waals surface area contributed by atoms with E-state index in [0.29, 0.717) is 4.88 Å². The van der Waals surface area contributed by atoms with E-state index in [1.54, 1.807) is 6.07 Å². The maximum atomic E-state index is 12.2. The third-order valence-corrected chi connectivity index (χ3v) is 3.43. The summed E-state index contributed by atoms with van der Waals surface area (Å²) in [6, 6.07) is 3.15. The molecule has 0 aromatic carbocycles. The molecule has 0 spiro atoms.